The SMILES string of the molecule is Cc1ccc(CNc2nccn(CC(C)C)c2=O)cn1. The highest BCUT2D eigenvalue weighted by Gasteiger charge is 2.06. The van der Waals surface area contributed by atoms with E-state index in [4.69, 9.17) is 0 Å². The second kappa shape index (κ2) is 6.32. The Morgan fingerprint density at radius 2 is 2.10 bits per heavy atom. The molecular weight excluding hydrogens is 252 g/mol. The Morgan fingerprint density at radius 3 is 2.75 bits per heavy atom. The quantitative estimate of drug-likeness (QED) is 0.906. The van der Waals surface area contributed by atoms with Gasteiger partial charge in [0.1, 0.15) is 0 Å². The number of nitrogens with one attached hydrogen (secondary N) is 1. The molecule has 0 bridgehead atoms. The Labute approximate surface area is 118 Å². The lowest BCUT2D eigenvalue weighted by Crippen LogP contribution is -2.25. The molecule has 0 saturated heterocycles. The number of pyridine rings is 1. The molecule has 0 saturated carbocycles. The molecule has 2 aromatic rings. The molecule has 20 heavy (non-hydrogen) atoms. The van der Waals surface area contributed by atoms with Crippen molar-refractivity contribution in [2.45, 2.75) is 33.9 Å². The predicted octanol–water partition coefficient (Wildman–Crippen LogP) is 2.21. The second-order valence-corrected chi connectivity index (χ2v) is 5.29. The summed E-state index contributed by atoms with van der Waals surface area (Å²) in [6, 6.07) is 3.94. The van der Waals surface area contributed by atoms with E-state index in [9.17, 15) is 4.79 Å². The Morgan fingerprint density at radius 1 is 1.30 bits per heavy atom. The van der Waals surface area contributed by atoms with E-state index in [1.54, 1.807) is 23.2 Å². The molecule has 5 nitrogen and oxygen atoms in total. The average molecular weight is 272 g/mol. The van der Waals surface area contributed by atoms with Gasteiger partial charge in [-0.15, -0.1) is 0 Å². The fourth-order valence-electron chi connectivity index (χ4n) is 1.89. The van der Waals surface area contributed by atoms with Gasteiger partial charge in [-0.3, -0.25) is 9.78 Å². The van der Waals surface area contributed by atoms with Gasteiger partial charge in [-0.2, -0.15) is 0 Å². The summed E-state index contributed by atoms with van der Waals surface area (Å²) in [5.41, 5.74) is 1.92. The number of anilines is 1. The van der Waals surface area contributed by atoms with Crippen molar-refractivity contribution in [1.29, 1.82) is 0 Å². The molecule has 0 spiro atoms. The molecular formula is C15H20N4O. The summed E-state index contributed by atoms with van der Waals surface area (Å²) < 4.78 is 1.69. The summed E-state index contributed by atoms with van der Waals surface area (Å²) in [5, 5.41) is 3.08. The summed E-state index contributed by atoms with van der Waals surface area (Å²) in [6.45, 7) is 7.35. The van der Waals surface area contributed by atoms with Crippen LogP contribution in [0.2, 0.25) is 0 Å². The van der Waals surface area contributed by atoms with Crippen LogP contribution in [0.4, 0.5) is 5.82 Å². The van der Waals surface area contributed by atoms with Crippen LogP contribution in [0.5, 0.6) is 0 Å². The Balaban J connectivity index is 2.10. The van der Waals surface area contributed by atoms with Crippen LogP contribution in [0.25, 0.3) is 0 Å². The normalized spacial score (nSPS) is 10.8. The van der Waals surface area contributed by atoms with Crippen LogP contribution < -0.4 is 10.9 Å². The van der Waals surface area contributed by atoms with Crippen molar-refractivity contribution in [3.8, 4) is 0 Å². The highest BCUT2D eigenvalue weighted by molar-refractivity contribution is 5.32. The van der Waals surface area contributed by atoms with E-state index in [1.807, 2.05) is 19.1 Å². The van der Waals surface area contributed by atoms with Crippen molar-refractivity contribution < 1.29 is 0 Å². The van der Waals surface area contributed by atoms with Crippen molar-refractivity contribution in [1.82, 2.24) is 14.5 Å². The minimum Gasteiger partial charge on any atom is -0.361 e. The fourth-order valence-corrected chi connectivity index (χ4v) is 1.89. The van der Waals surface area contributed by atoms with Crippen molar-refractivity contribution >= 4 is 5.82 Å². The summed E-state index contributed by atoms with van der Waals surface area (Å²) in [6.07, 6.45) is 5.18. The number of rotatable bonds is 5. The first kappa shape index (κ1) is 14.2. The third-order valence-electron chi connectivity index (χ3n) is 2.91. The van der Waals surface area contributed by atoms with Gasteiger partial charge < -0.3 is 9.88 Å². The molecule has 0 amide bonds. The van der Waals surface area contributed by atoms with Crippen LogP contribution in [0, 0.1) is 12.8 Å². The Bertz CT molecular complexity index is 617. The van der Waals surface area contributed by atoms with E-state index >= 15 is 0 Å². The molecule has 0 fully saturated rings. The molecule has 0 atom stereocenters. The van der Waals surface area contributed by atoms with Crippen LogP contribution in [-0.4, -0.2) is 14.5 Å². The third kappa shape index (κ3) is 3.66. The van der Waals surface area contributed by atoms with Gasteiger partial charge in [0.15, 0.2) is 5.82 Å². The molecule has 2 heterocycles. The van der Waals surface area contributed by atoms with Crippen LogP contribution in [0.3, 0.4) is 0 Å². The topological polar surface area (TPSA) is 59.8 Å². The maximum Gasteiger partial charge on any atom is 0.293 e. The molecule has 0 unspecified atom stereocenters. The standard InChI is InChI=1S/C15H20N4O/c1-11(2)10-19-7-6-16-14(15(19)20)18-9-13-5-4-12(3)17-8-13/h4-8,11H,9-10H2,1-3H3,(H,16,18). The zero-order chi connectivity index (χ0) is 14.5. The number of hydrogen-bond donors (Lipinski definition) is 1. The number of aromatic nitrogens is 3. The van der Waals surface area contributed by atoms with E-state index in [2.05, 4.69) is 29.1 Å². The van der Waals surface area contributed by atoms with Crippen LogP contribution >= 0.6 is 0 Å². The first-order valence-electron chi connectivity index (χ1n) is 6.77. The first-order valence-corrected chi connectivity index (χ1v) is 6.77. The van der Waals surface area contributed by atoms with Gasteiger partial charge in [-0.25, -0.2) is 4.98 Å². The van der Waals surface area contributed by atoms with Gasteiger partial charge >= 0.3 is 0 Å². The smallest absolute Gasteiger partial charge is 0.293 e. The highest BCUT2D eigenvalue weighted by atomic mass is 16.1. The van der Waals surface area contributed by atoms with E-state index in [0.29, 0.717) is 24.8 Å². The van der Waals surface area contributed by atoms with Crippen molar-refractivity contribution in [2.75, 3.05) is 5.32 Å². The minimum atomic E-state index is -0.0822. The van der Waals surface area contributed by atoms with Gasteiger partial charge in [0, 0.05) is 37.4 Å². The van der Waals surface area contributed by atoms with Crippen molar-refractivity contribution in [2.24, 2.45) is 5.92 Å². The number of hydrogen-bond acceptors (Lipinski definition) is 4. The summed E-state index contributed by atoms with van der Waals surface area (Å²) in [5.74, 6) is 0.804. The molecule has 0 radical (unpaired) electrons. The molecule has 5 heteroatoms. The average Bonchev–Trinajstić information content (AvgIpc) is 2.41. The summed E-state index contributed by atoms with van der Waals surface area (Å²) >= 11 is 0. The van der Waals surface area contributed by atoms with E-state index in [1.165, 1.54) is 0 Å². The minimum absolute atomic E-state index is 0.0822. The van der Waals surface area contributed by atoms with Gasteiger partial charge in [0.2, 0.25) is 0 Å². The highest BCUT2D eigenvalue weighted by Crippen LogP contribution is 2.03. The van der Waals surface area contributed by atoms with Gasteiger partial charge in [-0.1, -0.05) is 19.9 Å². The maximum atomic E-state index is 12.2. The van der Waals surface area contributed by atoms with Crippen molar-refractivity contribution in [3.63, 3.8) is 0 Å². The number of nitrogens with zero attached hydrogens (tertiary/aromatic N) is 3. The lowest BCUT2D eigenvalue weighted by Gasteiger charge is -2.10. The second-order valence-electron chi connectivity index (χ2n) is 5.29. The van der Waals surface area contributed by atoms with Crippen molar-refractivity contribution in [3.05, 3.63) is 52.3 Å². The number of aryl methyl sites for hydroxylation is 1. The molecule has 1 N–H and O–H groups in total. The maximum absolute atomic E-state index is 12.2. The van der Waals surface area contributed by atoms with Crippen LogP contribution in [0.1, 0.15) is 25.1 Å². The predicted molar refractivity (Wildman–Crippen MR) is 79.6 cm³/mol. The molecule has 0 aliphatic carbocycles. The summed E-state index contributed by atoms with van der Waals surface area (Å²) in [7, 11) is 0. The van der Waals surface area contributed by atoms with E-state index in [-0.39, 0.29) is 5.56 Å². The monoisotopic (exact) mass is 272 g/mol. The molecule has 106 valence electrons. The molecule has 0 aliphatic heterocycles. The van der Waals surface area contributed by atoms with E-state index in [0.717, 1.165) is 11.3 Å². The molecule has 0 aromatic carbocycles. The van der Waals surface area contributed by atoms with Gasteiger partial charge in [-0.05, 0) is 24.5 Å². The molecule has 0 aliphatic rings. The fraction of sp³-hybridized carbons (Fsp3) is 0.400. The summed E-state index contributed by atoms with van der Waals surface area (Å²) in [4.78, 5) is 20.5. The first-order chi connectivity index (χ1) is 9.56. The molecule has 2 rings (SSSR count). The lowest BCUT2D eigenvalue weighted by atomic mass is 10.2. The van der Waals surface area contributed by atoms with E-state index < -0.39 is 0 Å². The Hall–Kier alpha value is -2.17. The Kier molecular flexibility index (Phi) is 4.50. The third-order valence-corrected chi connectivity index (χ3v) is 2.91. The molecule has 2 aromatic heterocycles. The largest absolute Gasteiger partial charge is 0.361 e. The lowest BCUT2D eigenvalue weighted by molar-refractivity contribution is 0.509. The zero-order valence-corrected chi connectivity index (χ0v) is 12.1. The van der Waals surface area contributed by atoms with Gasteiger partial charge in [0.25, 0.3) is 5.56 Å². The van der Waals surface area contributed by atoms with Gasteiger partial charge in [0.05, 0.1) is 0 Å². The van der Waals surface area contributed by atoms with Crippen LogP contribution in [-0.2, 0) is 13.1 Å². The zero-order valence-electron chi connectivity index (χ0n) is 12.1. The van der Waals surface area contributed by atoms with Crippen LogP contribution in [0.15, 0.2) is 35.5 Å².